The lowest BCUT2D eigenvalue weighted by atomic mass is 9.70. The Morgan fingerprint density at radius 1 is 1.33 bits per heavy atom. The maximum atomic E-state index is 15.0. The third kappa shape index (κ3) is 4.07. The number of ether oxygens (including phenoxy) is 1. The van der Waals surface area contributed by atoms with Gasteiger partial charge in [-0.2, -0.15) is 0 Å². The van der Waals surface area contributed by atoms with E-state index in [4.69, 9.17) is 4.74 Å². The van der Waals surface area contributed by atoms with E-state index in [1.807, 2.05) is 51.1 Å². The summed E-state index contributed by atoms with van der Waals surface area (Å²) in [4.78, 5) is 11.2. The Kier molecular flexibility index (Phi) is 5.40. The minimum absolute atomic E-state index is 0.271. The zero-order chi connectivity index (χ0) is 19.6. The van der Waals surface area contributed by atoms with E-state index in [9.17, 15) is 14.3 Å². The van der Waals surface area contributed by atoms with E-state index in [0.717, 1.165) is 41.7 Å². The molecule has 144 valence electrons. The number of fused-ring (bicyclic) bond motifs is 1. The molecule has 0 spiro atoms. The molecule has 1 aliphatic rings. The molecule has 4 nitrogen and oxygen atoms in total. The van der Waals surface area contributed by atoms with Crippen LogP contribution in [0.5, 0.6) is 5.75 Å². The molecule has 0 bridgehead atoms. The van der Waals surface area contributed by atoms with Gasteiger partial charge in [0.05, 0.1) is 12.6 Å². The van der Waals surface area contributed by atoms with Crippen molar-refractivity contribution in [1.82, 2.24) is 5.32 Å². The molecule has 1 atom stereocenters. The summed E-state index contributed by atoms with van der Waals surface area (Å²) >= 11 is 0. The number of halogens is 1. The molecule has 0 saturated carbocycles. The Bertz CT molecular complexity index is 847. The molecule has 5 heteroatoms. The van der Waals surface area contributed by atoms with E-state index in [0.29, 0.717) is 12.2 Å². The van der Waals surface area contributed by atoms with Gasteiger partial charge in [0, 0.05) is 5.56 Å². The lowest BCUT2D eigenvalue weighted by Gasteiger charge is -2.40. The molecule has 1 amide bonds. The Morgan fingerprint density at radius 3 is 2.81 bits per heavy atom. The van der Waals surface area contributed by atoms with Gasteiger partial charge in [0.1, 0.15) is 11.6 Å². The molecule has 0 aromatic heterocycles. The minimum atomic E-state index is -1.09. The van der Waals surface area contributed by atoms with Crippen molar-refractivity contribution in [2.75, 3.05) is 6.61 Å². The van der Waals surface area contributed by atoms with Gasteiger partial charge in [-0.05, 0) is 65.6 Å². The van der Waals surface area contributed by atoms with Gasteiger partial charge in [-0.1, -0.05) is 32.9 Å². The highest BCUT2D eigenvalue weighted by molar-refractivity contribution is 5.69. The van der Waals surface area contributed by atoms with Gasteiger partial charge in [-0.25, -0.2) is 9.18 Å². The molecule has 0 radical (unpaired) electrons. The number of aryl methyl sites for hydroxylation is 1. The van der Waals surface area contributed by atoms with E-state index in [2.05, 4.69) is 5.32 Å². The predicted molar refractivity (Wildman–Crippen MR) is 104 cm³/mol. The van der Waals surface area contributed by atoms with Crippen LogP contribution < -0.4 is 10.1 Å². The molecule has 0 saturated heterocycles. The summed E-state index contributed by atoms with van der Waals surface area (Å²) < 4.78 is 20.7. The summed E-state index contributed by atoms with van der Waals surface area (Å²) in [5, 5.41) is 11.8. The van der Waals surface area contributed by atoms with E-state index in [1.165, 1.54) is 6.07 Å². The summed E-state index contributed by atoms with van der Waals surface area (Å²) in [5.41, 5.74) is 2.73. The largest absolute Gasteiger partial charge is 0.494 e. The first-order chi connectivity index (χ1) is 12.8. The van der Waals surface area contributed by atoms with Crippen molar-refractivity contribution in [1.29, 1.82) is 0 Å². The summed E-state index contributed by atoms with van der Waals surface area (Å²) in [5.74, 6) is 0.370. The number of benzene rings is 2. The number of hydrogen-bond donors (Lipinski definition) is 2. The van der Waals surface area contributed by atoms with Crippen LogP contribution in [0.1, 0.15) is 50.8 Å². The van der Waals surface area contributed by atoms with Crippen molar-refractivity contribution in [3.8, 4) is 16.9 Å². The summed E-state index contributed by atoms with van der Waals surface area (Å²) in [6.45, 7) is 6.68. The highest BCUT2D eigenvalue weighted by atomic mass is 19.1. The quantitative estimate of drug-likeness (QED) is 0.723. The number of carbonyl (C=O) groups is 1. The number of amides is 1. The van der Waals surface area contributed by atoms with E-state index < -0.39 is 12.1 Å². The van der Waals surface area contributed by atoms with Crippen LogP contribution in [0.3, 0.4) is 0 Å². The van der Waals surface area contributed by atoms with Gasteiger partial charge in [0.15, 0.2) is 0 Å². The topological polar surface area (TPSA) is 58.6 Å². The third-order valence-corrected chi connectivity index (χ3v) is 5.25. The van der Waals surface area contributed by atoms with Crippen molar-refractivity contribution >= 4 is 6.09 Å². The smallest absolute Gasteiger partial charge is 0.405 e. The Balaban J connectivity index is 2.01. The van der Waals surface area contributed by atoms with E-state index in [-0.39, 0.29) is 11.2 Å². The maximum Gasteiger partial charge on any atom is 0.405 e. The van der Waals surface area contributed by atoms with Crippen LogP contribution in [0.25, 0.3) is 11.1 Å². The monoisotopic (exact) mass is 371 g/mol. The first-order valence-corrected chi connectivity index (χ1v) is 9.37. The molecule has 2 N–H and O–H groups in total. The lowest BCUT2D eigenvalue weighted by molar-refractivity contribution is 0.161. The fraction of sp³-hybridized carbons (Fsp3) is 0.409. The van der Waals surface area contributed by atoms with Crippen LogP contribution in [0, 0.1) is 11.2 Å². The lowest BCUT2D eigenvalue weighted by Crippen LogP contribution is -2.40. The number of rotatable bonds is 5. The Labute approximate surface area is 159 Å². The molecule has 0 fully saturated rings. The average Bonchev–Trinajstić information content (AvgIpc) is 2.62. The molecule has 0 aliphatic heterocycles. The molecule has 0 heterocycles. The average molecular weight is 371 g/mol. The van der Waals surface area contributed by atoms with E-state index >= 15 is 0 Å². The highest BCUT2D eigenvalue weighted by Gasteiger charge is 2.37. The van der Waals surface area contributed by atoms with Crippen molar-refractivity contribution in [3.63, 3.8) is 0 Å². The Hall–Kier alpha value is -2.56. The molecule has 2 aromatic carbocycles. The van der Waals surface area contributed by atoms with Crippen molar-refractivity contribution in [3.05, 3.63) is 53.3 Å². The summed E-state index contributed by atoms with van der Waals surface area (Å²) in [7, 11) is 0. The van der Waals surface area contributed by atoms with Gasteiger partial charge < -0.3 is 15.2 Å². The molecule has 2 aromatic rings. The third-order valence-electron chi connectivity index (χ3n) is 5.25. The predicted octanol–water partition coefficient (Wildman–Crippen LogP) is 5.56. The van der Waals surface area contributed by atoms with Crippen LogP contribution in [0.15, 0.2) is 36.4 Å². The van der Waals surface area contributed by atoms with Gasteiger partial charge in [-0.15, -0.1) is 0 Å². The number of hydrogen-bond acceptors (Lipinski definition) is 2. The minimum Gasteiger partial charge on any atom is -0.494 e. The van der Waals surface area contributed by atoms with Crippen LogP contribution in [-0.4, -0.2) is 17.8 Å². The standard InChI is InChI=1S/C22H26FNO3/c1-4-10-27-16-7-5-6-14(11-16)17-12-15-8-9-22(2,3)20(24-21(25)26)18(15)13-19(17)23/h5-7,11-13,20,24H,4,8-10H2,1-3H3,(H,25,26)/t20-/m0/s1. The molecule has 1 aliphatic carbocycles. The molecular formula is C22H26FNO3. The molecule has 3 rings (SSSR count). The van der Waals surface area contributed by atoms with Crippen LogP contribution in [0.4, 0.5) is 9.18 Å². The van der Waals surface area contributed by atoms with Crippen LogP contribution in [-0.2, 0) is 6.42 Å². The van der Waals surface area contributed by atoms with Gasteiger partial charge in [0.2, 0.25) is 0 Å². The molecule has 27 heavy (non-hydrogen) atoms. The van der Waals surface area contributed by atoms with Gasteiger partial charge in [0.25, 0.3) is 0 Å². The second-order valence-electron chi connectivity index (χ2n) is 7.78. The Morgan fingerprint density at radius 2 is 2.11 bits per heavy atom. The van der Waals surface area contributed by atoms with Crippen molar-refractivity contribution in [2.45, 2.75) is 46.1 Å². The maximum absolute atomic E-state index is 15.0. The fourth-order valence-electron chi connectivity index (χ4n) is 3.73. The summed E-state index contributed by atoms with van der Waals surface area (Å²) in [6.07, 6.45) is 1.44. The fourth-order valence-corrected chi connectivity index (χ4v) is 3.73. The first kappa shape index (κ1) is 19.2. The van der Waals surface area contributed by atoms with Crippen LogP contribution in [0.2, 0.25) is 0 Å². The van der Waals surface area contributed by atoms with Crippen molar-refractivity contribution < 1.29 is 19.0 Å². The van der Waals surface area contributed by atoms with Gasteiger partial charge >= 0.3 is 6.09 Å². The van der Waals surface area contributed by atoms with Gasteiger partial charge in [-0.3, -0.25) is 0 Å². The normalized spacial score (nSPS) is 17.9. The second kappa shape index (κ2) is 7.59. The van der Waals surface area contributed by atoms with E-state index in [1.54, 1.807) is 0 Å². The molecule has 0 unspecified atom stereocenters. The molecular weight excluding hydrogens is 345 g/mol. The second-order valence-corrected chi connectivity index (χ2v) is 7.78. The first-order valence-electron chi connectivity index (χ1n) is 9.37. The summed E-state index contributed by atoms with van der Waals surface area (Å²) in [6, 6.07) is 10.4. The number of nitrogens with one attached hydrogen (secondary N) is 1. The zero-order valence-electron chi connectivity index (χ0n) is 16.0. The van der Waals surface area contributed by atoms with Crippen molar-refractivity contribution in [2.24, 2.45) is 5.41 Å². The highest BCUT2D eigenvalue weighted by Crippen LogP contribution is 2.45. The SMILES string of the molecule is CCCOc1cccc(-c2cc3c(cc2F)[C@H](NC(=O)O)C(C)(C)CC3)c1. The zero-order valence-corrected chi connectivity index (χ0v) is 16.0. The van der Waals surface area contributed by atoms with Crippen LogP contribution >= 0.6 is 0 Å². The number of carboxylic acid groups (broad SMARTS) is 1.